The van der Waals surface area contributed by atoms with Crippen molar-refractivity contribution in [1.29, 1.82) is 0 Å². The van der Waals surface area contributed by atoms with Gasteiger partial charge < -0.3 is 9.47 Å². The van der Waals surface area contributed by atoms with Crippen molar-refractivity contribution in [2.75, 3.05) is 13.2 Å². The number of non-ortho nitro benzene ring substituents is 1. The first kappa shape index (κ1) is 23.1. The van der Waals surface area contributed by atoms with Crippen LogP contribution >= 0.6 is 23.2 Å². The van der Waals surface area contributed by atoms with Crippen molar-refractivity contribution >= 4 is 52.7 Å². The van der Waals surface area contributed by atoms with E-state index in [1.54, 1.807) is 6.07 Å². The van der Waals surface area contributed by atoms with Gasteiger partial charge in [0.15, 0.2) is 5.78 Å². The molecule has 2 aromatic rings. The lowest BCUT2D eigenvalue weighted by atomic mass is 10.1. The van der Waals surface area contributed by atoms with E-state index in [0.29, 0.717) is 10.6 Å². The quantitative estimate of drug-likeness (QED) is 0.139. The summed E-state index contributed by atoms with van der Waals surface area (Å²) in [6.45, 7) is -0.434. The van der Waals surface area contributed by atoms with E-state index in [2.05, 4.69) is 0 Å². The van der Waals surface area contributed by atoms with Gasteiger partial charge in [-0.3, -0.25) is 19.7 Å². The van der Waals surface area contributed by atoms with E-state index in [9.17, 15) is 24.5 Å². The monoisotopic (exact) mass is 451 g/mol. The summed E-state index contributed by atoms with van der Waals surface area (Å²) >= 11 is 11.6. The van der Waals surface area contributed by atoms with Crippen LogP contribution < -0.4 is 0 Å². The predicted molar refractivity (Wildman–Crippen MR) is 109 cm³/mol. The van der Waals surface area contributed by atoms with Gasteiger partial charge in [-0.15, -0.1) is 0 Å². The van der Waals surface area contributed by atoms with Gasteiger partial charge >= 0.3 is 11.9 Å². The van der Waals surface area contributed by atoms with Crippen molar-refractivity contribution in [3.8, 4) is 0 Å². The lowest BCUT2D eigenvalue weighted by Crippen LogP contribution is -2.15. The fraction of sp³-hybridized carbons (Fsp3) is 0.150. The van der Waals surface area contributed by atoms with Gasteiger partial charge in [0.25, 0.3) is 5.69 Å². The Hall–Kier alpha value is -3.23. The van der Waals surface area contributed by atoms with Gasteiger partial charge in [0.1, 0.15) is 19.6 Å². The first-order valence-corrected chi connectivity index (χ1v) is 9.25. The van der Waals surface area contributed by atoms with Crippen LogP contribution in [0, 0.1) is 10.1 Å². The second kappa shape index (κ2) is 11.1. The molecule has 0 saturated heterocycles. The minimum Gasteiger partial charge on any atom is -0.462 e. The lowest BCUT2D eigenvalue weighted by molar-refractivity contribution is -0.384. The third-order valence-corrected chi connectivity index (χ3v) is 4.34. The predicted octanol–water partition coefficient (Wildman–Crippen LogP) is 4.27. The zero-order chi connectivity index (χ0) is 22.1. The summed E-state index contributed by atoms with van der Waals surface area (Å²) in [6, 6.07) is 9.93. The Balaban J connectivity index is 1.73. The zero-order valence-electron chi connectivity index (χ0n) is 15.4. The van der Waals surface area contributed by atoms with Crippen molar-refractivity contribution < 1.29 is 28.8 Å². The van der Waals surface area contributed by atoms with E-state index in [0.717, 1.165) is 6.08 Å². The first-order valence-electron chi connectivity index (χ1n) is 8.49. The molecule has 0 spiro atoms. The molecule has 0 aliphatic carbocycles. The minimum atomic E-state index is -0.797. The Bertz CT molecular complexity index is 1000. The standard InChI is InChI=1S/C20H15Cl2NO7/c21-17-7-5-14(11-18(17)22)20(26)30-9-8-29-19(25)12-16(24)6-4-13-2-1-3-15(10-13)23(27)28/h1-7,10-11H,8-9,12H2. The topological polar surface area (TPSA) is 113 Å². The summed E-state index contributed by atoms with van der Waals surface area (Å²) in [6.07, 6.45) is 1.97. The number of carbonyl (C=O) groups excluding carboxylic acids is 3. The molecule has 10 heteroatoms. The highest BCUT2D eigenvalue weighted by Crippen LogP contribution is 2.22. The largest absolute Gasteiger partial charge is 0.462 e. The summed E-state index contributed by atoms with van der Waals surface area (Å²) in [5.74, 6) is -2.01. The van der Waals surface area contributed by atoms with E-state index in [1.807, 2.05) is 0 Å². The SMILES string of the molecule is O=C(C=Cc1cccc([N+](=O)[O-])c1)CC(=O)OCCOC(=O)c1ccc(Cl)c(Cl)c1. The Morgan fingerprint density at radius 3 is 2.43 bits per heavy atom. The molecule has 0 saturated carbocycles. The summed E-state index contributed by atoms with van der Waals surface area (Å²) < 4.78 is 9.78. The number of carbonyl (C=O) groups is 3. The molecule has 0 aliphatic rings. The number of rotatable bonds is 9. The van der Waals surface area contributed by atoms with E-state index >= 15 is 0 Å². The van der Waals surface area contributed by atoms with E-state index < -0.39 is 29.1 Å². The fourth-order valence-electron chi connectivity index (χ4n) is 2.18. The molecule has 0 unspecified atom stereocenters. The van der Waals surface area contributed by atoms with Crippen molar-refractivity contribution in [2.45, 2.75) is 6.42 Å². The average Bonchev–Trinajstić information content (AvgIpc) is 2.71. The number of nitrogens with zero attached hydrogens (tertiary/aromatic N) is 1. The number of benzene rings is 2. The number of allylic oxidation sites excluding steroid dienone is 1. The molecule has 2 rings (SSSR count). The molecule has 0 aliphatic heterocycles. The maximum absolute atomic E-state index is 11.8. The van der Waals surface area contributed by atoms with Gasteiger partial charge in [0.2, 0.25) is 0 Å². The molecular weight excluding hydrogens is 437 g/mol. The molecule has 30 heavy (non-hydrogen) atoms. The zero-order valence-corrected chi connectivity index (χ0v) is 16.9. The highest BCUT2D eigenvalue weighted by Gasteiger charge is 2.12. The molecule has 156 valence electrons. The summed E-state index contributed by atoms with van der Waals surface area (Å²) in [7, 11) is 0. The third kappa shape index (κ3) is 7.31. The number of hydrogen-bond acceptors (Lipinski definition) is 7. The van der Waals surface area contributed by atoms with Crippen LogP contribution in [0.1, 0.15) is 22.3 Å². The highest BCUT2D eigenvalue weighted by atomic mass is 35.5. The van der Waals surface area contributed by atoms with Crippen LogP contribution in [0.4, 0.5) is 5.69 Å². The molecule has 0 N–H and O–H groups in total. The summed E-state index contributed by atoms with van der Waals surface area (Å²) in [5, 5.41) is 11.2. The summed E-state index contributed by atoms with van der Waals surface area (Å²) in [4.78, 5) is 45.5. The number of hydrogen-bond donors (Lipinski definition) is 0. The van der Waals surface area contributed by atoms with E-state index in [-0.39, 0.29) is 29.5 Å². The smallest absolute Gasteiger partial charge is 0.338 e. The summed E-state index contributed by atoms with van der Waals surface area (Å²) in [5.41, 5.74) is 0.525. The van der Waals surface area contributed by atoms with E-state index in [1.165, 1.54) is 42.5 Å². The maximum Gasteiger partial charge on any atom is 0.338 e. The molecule has 0 aromatic heterocycles. The van der Waals surface area contributed by atoms with Gasteiger partial charge in [-0.1, -0.05) is 41.4 Å². The van der Waals surface area contributed by atoms with Gasteiger partial charge in [-0.2, -0.15) is 0 Å². The van der Waals surface area contributed by atoms with Crippen LogP contribution in [0.15, 0.2) is 48.5 Å². The number of esters is 2. The molecule has 0 fully saturated rings. The molecule has 0 amide bonds. The lowest BCUT2D eigenvalue weighted by Gasteiger charge is -2.06. The Morgan fingerprint density at radius 2 is 1.73 bits per heavy atom. The molecule has 0 bridgehead atoms. The van der Waals surface area contributed by atoms with Crippen molar-refractivity contribution in [2.24, 2.45) is 0 Å². The fourth-order valence-corrected chi connectivity index (χ4v) is 2.48. The second-order valence-electron chi connectivity index (χ2n) is 5.81. The van der Waals surface area contributed by atoms with Crippen LogP contribution in [0.25, 0.3) is 6.08 Å². The maximum atomic E-state index is 11.8. The first-order chi connectivity index (χ1) is 14.3. The van der Waals surface area contributed by atoms with Crippen LogP contribution in [-0.2, 0) is 19.1 Å². The number of halogens is 2. The highest BCUT2D eigenvalue weighted by molar-refractivity contribution is 6.42. The Labute approximate surface area is 181 Å². The normalized spacial score (nSPS) is 10.6. The van der Waals surface area contributed by atoms with Gasteiger partial charge in [0, 0.05) is 12.1 Å². The van der Waals surface area contributed by atoms with Crippen LogP contribution in [0.3, 0.4) is 0 Å². The van der Waals surface area contributed by atoms with Crippen LogP contribution in [0.5, 0.6) is 0 Å². The number of ether oxygens (including phenoxy) is 2. The van der Waals surface area contributed by atoms with Gasteiger partial charge in [-0.25, -0.2) is 4.79 Å². The van der Waals surface area contributed by atoms with Crippen molar-refractivity contribution in [3.05, 3.63) is 79.8 Å². The van der Waals surface area contributed by atoms with Gasteiger partial charge in [-0.05, 0) is 29.8 Å². The average molecular weight is 452 g/mol. The molecule has 0 heterocycles. The number of nitro benzene ring substituents is 1. The molecule has 2 aromatic carbocycles. The minimum absolute atomic E-state index is 0.112. The van der Waals surface area contributed by atoms with Crippen LogP contribution in [0.2, 0.25) is 10.0 Å². The second-order valence-corrected chi connectivity index (χ2v) is 6.63. The number of ketones is 1. The van der Waals surface area contributed by atoms with Crippen molar-refractivity contribution in [1.82, 2.24) is 0 Å². The van der Waals surface area contributed by atoms with E-state index in [4.69, 9.17) is 32.7 Å². The van der Waals surface area contributed by atoms with Gasteiger partial charge in [0.05, 0.1) is 20.5 Å². The van der Waals surface area contributed by atoms with Crippen LogP contribution in [-0.4, -0.2) is 35.9 Å². The molecule has 0 radical (unpaired) electrons. The molecule has 0 atom stereocenters. The third-order valence-electron chi connectivity index (χ3n) is 3.60. The Kier molecular flexibility index (Phi) is 8.52. The van der Waals surface area contributed by atoms with Crippen molar-refractivity contribution in [3.63, 3.8) is 0 Å². The number of nitro groups is 1. The Morgan fingerprint density at radius 1 is 1.00 bits per heavy atom. The molecule has 8 nitrogen and oxygen atoms in total. The molecular formula is C20H15Cl2NO7.